The molecule has 0 unspecified atom stereocenters. The summed E-state index contributed by atoms with van der Waals surface area (Å²) in [5.41, 5.74) is 0.912. The number of hydrogen-bond acceptors (Lipinski definition) is 1. The van der Waals surface area contributed by atoms with Gasteiger partial charge in [-0.15, -0.1) is 0 Å². The summed E-state index contributed by atoms with van der Waals surface area (Å²) in [5, 5.41) is 0. The van der Waals surface area contributed by atoms with Gasteiger partial charge in [0.25, 0.3) is 5.91 Å². The van der Waals surface area contributed by atoms with Gasteiger partial charge < -0.3 is 4.90 Å². The van der Waals surface area contributed by atoms with Crippen molar-refractivity contribution in [3.63, 3.8) is 0 Å². The normalized spacial score (nSPS) is 15.6. The second kappa shape index (κ2) is 4.13. The minimum absolute atomic E-state index is 0.0155. The zero-order valence-corrected chi connectivity index (χ0v) is 10.6. The number of carbonyl (C=O) groups excluding carboxylic acids is 1. The molecule has 17 heavy (non-hydrogen) atoms. The highest BCUT2D eigenvalue weighted by Crippen LogP contribution is 2.26. The average Bonchev–Trinajstić information content (AvgIpc) is 2.13. The minimum Gasteiger partial charge on any atom is -0.339 e. The van der Waals surface area contributed by atoms with Crippen molar-refractivity contribution in [1.82, 2.24) is 4.90 Å². The van der Waals surface area contributed by atoms with Crippen LogP contribution in [0.3, 0.4) is 0 Å². The molecule has 0 aliphatic carbocycles. The molecular weight excluding hydrogens is 217 g/mol. The molecule has 1 aliphatic heterocycles. The lowest BCUT2D eigenvalue weighted by atomic mass is 9.85. The zero-order valence-electron chi connectivity index (χ0n) is 10.6. The summed E-state index contributed by atoms with van der Waals surface area (Å²) in [5.74, 6) is -0.223. The van der Waals surface area contributed by atoms with Crippen molar-refractivity contribution in [3.05, 3.63) is 35.1 Å². The summed E-state index contributed by atoms with van der Waals surface area (Å²) in [7, 11) is 0. The highest BCUT2D eigenvalue weighted by atomic mass is 19.1. The minimum atomic E-state index is -0.282. The van der Waals surface area contributed by atoms with Gasteiger partial charge in [0.05, 0.1) is 0 Å². The molecule has 0 saturated carbocycles. The van der Waals surface area contributed by atoms with Gasteiger partial charge in [0.2, 0.25) is 0 Å². The molecule has 1 aromatic rings. The Bertz CT molecular complexity index is 444. The van der Waals surface area contributed by atoms with Gasteiger partial charge in [0, 0.05) is 18.7 Å². The van der Waals surface area contributed by atoms with E-state index in [0.29, 0.717) is 11.1 Å². The smallest absolute Gasteiger partial charge is 0.253 e. The molecule has 0 bridgehead atoms. The van der Waals surface area contributed by atoms with Gasteiger partial charge in [-0.3, -0.25) is 4.79 Å². The third-order valence-corrected chi connectivity index (χ3v) is 3.16. The van der Waals surface area contributed by atoms with Crippen LogP contribution in [0.2, 0.25) is 0 Å². The maximum absolute atomic E-state index is 13.7. The largest absolute Gasteiger partial charge is 0.339 e. The van der Waals surface area contributed by atoms with Crippen molar-refractivity contribution in [2.45, 2.75) is 32.6 Å². The van der Waals surface area contributed by atoms with Crippen molar-refractivity contribution < 1.29 is 9.18 Å². The van der Waals surface area contributed by atoms with Crippen LogP contribution in [0.15, 0.2) is 18.2 Å². The Morgan fingerprint density at radius 1 is 1.29 bits per heavy atom. The van der Waals surface area contributed by atoms with Crippen LogP contribution >= 0.6 is 0 Å². The quantitative estimate of drug-likeness (QED) is 0.732. The number of benzene rings is 1. The fourth-order valence-electron chi connectivity index (χ4n) is 1.93. The van der Waals surface area contributed by atoms with E-state index >= 15 is 0 Å². The first kappa shape index (κ1) is 12.1. The van der Waals surface area contributed by atoms with Crippen LogP contribution in [0.1, 0.15) is 43.1 Å². The van der Waals surface area contributed by atoms with Gasteiger partial charge in [0.15, 0.2) is 0 Å². The average molecular weight is 235 g/mol. The summed E-state index contributed by atoms with van der Waals surface area (Å²) >= 11 is 0. The third kappa shape index (κ3) is 2.33. The molecule has 2 rings (SSSR count). The van der Waals surface area contributed by atoms with Crippen LogP contribution in [0.25, 0.3) is 0 Å². The van der Waals surface area contributed by atoms with Gasteiger partial charge in [0.1, 0.15) is 5.82 Å². The first-order valence-electron chi connectivity index (χ1n) is 5.99. The SMILES string of the molecule is CC(C)(C)c1cc(C(=O)N2CCC2)ccc1F. The van der Waals surface area contributed by atoms with Crippen LogP contribution in [0.5, 0.6) is 0 Å². The standard InChI is InChI=1S/C14H18FNO/c1-14(2,3)11-9-10(5-6-12(11)15)13(17)16-7-4-8-16/h5-6,9H,4,7-8H2,1-3H3. The van der Waals surface area contributed by atoms with Crippen molar-refractivity contribution in [2.24, 2.45) is 0 Å². The lowest BCUT2D eigenvalue weighted by Crippen LogP contribution is -2.42. The maximum Gasteiger partial charge on any atom is 0.253 e. The summed E-state index contributed by atoms with van der Waals surface area (Å²) < 4.78 is 13.7. The Kier molecular flexibility index (Phi) is 2.94. The van der Waals surface area contributed by atoms with Crippen molar-refractivity contribution in [2.75, 3.05) is 13.1 Å². The van der Waals surface area contributed by atoms with Crippen molar-refractivity contribution in [1.29, 1.82) is 0 Å². The summed E-state index contributed by atoms with van der Waals surface area (Å²) in [6.07, 6.45) is 1.07. The molecule has 0 aromatic heterocycles. The van der Waals surface area contributed by atoms with E-state index in [1.807, 2.05) is 20.8 Å². The second-order valence-corrected chi connectivity index (χ2v) is 5.59. The molecule has 1 aliphatic rings. The van der Waals surface area contributed by atoms with Gasteiger partial charge >= 0.3 is 0 Å². The molecule has 1 fully saturated rings. The Morgan fingerprint density at radius 3 is 2.41 bits per heavy atom. The van der Waals surface area contributed by atoms with E-state index in [0.717, 1.165) is 19.5 Å². The molecular formula is C14H18FNO. The number of rotatable bonds is 1. The van der Waals surface area contributed by atoms with E-state index in [2.05, 4.69) is 0 Å². The molecule has 1 saturated heterocycles. The van der Waals surface area contributed by atoms with E-state index in [1.165, 1.54) is 6.07 Å². The number of amides is 1. The molecule has 1 aromatic carbocycles. The Morgan fingerprint density at radius 2 is 1.94 bits per heavy atom. The molecule has 2 nitrogen and oxygen atoms in total. The van der Waals surface area contributed by atoms with Gasteiger partial charge in [-0.1, -0.05) is 20.8 Å². The molecule has 0 N–H and O–H groups in total. The molecule has 0 atom stereocenters. The summed E-state index contributed by atoms with van der Waals surface area (Å²) in [6, 6.07) is 4.66. The fraction of sp³-hybridized carbons (Fsp3) is 0.500. The van der Waals surface area contributed by atoms with Crippen LogP contribution in [-0.4, -0.2) is 23.9 Å². The lowest BCUT2D eigenvalue weighted by molar-refractivity contribution is 0.0651. The Labute approximate surface area is 101 Å². The van der Waals surface area contributed by atoms with Crippen LogP contribution in [-0.2, 0) is 5.41 Å². The predicted octanol–water partition coefficient (Wildman–Crippen LogP) is 2.97. The first-order valence-corrected chi connectivity index (χ1v) is 5.99. The first-order chi connectivity index (χ1) is 7.89. The zero-order chi connectivity index (χ0) is 12.6. The Balaban J connectivity index is 2.33. The van der Waals surface area contributed by atoms with Gasteiger partial charge in [-0.2, -0.15) is 0 Å². The van der Waals surface area contributed by atoms with Crippen LogP contribution < -0.4 is 0 Å². The number of halogens is 1. The summed E-state index contributed by atoms with van der Waals surface area (Å²) in [6.45, 7) is 7.48. The van der Waals surface area contributed by atoms with E-state index in [4.69, 9.17) is 0 Å². The lowest BCUT2D eigenvalue weighted by Gasteiger charge is -2.31. The third-order valence-electron chi connectivity index (χ3n) is 3.16. The Hall–Kier alpha value is -1.38. The van der Waals surface area contributed by atoms with Gasteiger partial charge in [-0.05, 0) is 35.6 Å². The highest BCUT2D eigenvalue weighted by Gasteiger charge is 2.24. The molecule has 1 amide bonds. The fourth-order valence-corrected chi connectivity index (χ4v) is 1.93. The number of carbonyl (C=O) groups is 1. The molecule has 1 heterocycles. The number of hydrogen-bond donors (Lipinski definition) is 0. The molecule has 0 spiro atoms. The topological polar surface area (TPSA) is 20.3 Å². The van der Waals surface area contributed by atoms with E-state index in [-0.39, 0.29) is 17.1 Å². The summed E-state index contributed by atoms with van der Waals surface area (Å²) in [4.78, 5) is 13.8. The molecule has 0 radical (unpaired) electrons. The van der Waals surface area contributed by atoms with E-state index in [1.54, 1.807) is 17.0 Å². The van der Waals surface area contributed by atoms with Gasteiger partial charge in [-0.25, -0.2) is 4.39 Å². The van der Waals surface area contributed by atoms with Crippen molar-refractivity contribution in [3.8, 4) is 0 Å². The molecule has 3 heteroatoms. The second-order valence-electron chi connectivity index (χ2n) is 5.59. The predicted molar refractivity (Wildman–Crippen MR) is 65.6 cm³/mol. The van der Waals surface area contributed by atoms with Crippen LogP contribution in [0.4, 0.5) is 4.39 Å². The van der Waals surface area contributed by atoms with E-state index in [9.17, 15) is 9.18 Å². The van der Waals surface area contributed by atoms with Crippen LogP contribution in [0, 0.1) is 5.82 Å². The molecule has 92 valence electrons. The number of nitrogens with zero attached hydrogens (tertiary/aromatic N) is 1. The van der Waals surface area contributed by atoms with Crippen molar-refractivity contribution >= 4 is 5.91 Å². The monoisotopic (exact) mass is 235 g/mol. The van der Waals surface area contributed by atoms with E-state index < -0.39 is 0 Å². The highest BCUT2D eigenvalue weighted by molar-refractivity contribution is 5.94. The number of likely N-dealkylation sites (tertiary alicyclic amines) is 1. The maximum atomic E-state index is 13.7.